The van der Waals surface area contributed by atoms with Gasteiger partial charge in [0.25, 0.3) is 0 Å². The second-order valence-corrected chi connectivity index (χ2v) is 8.83. The Morgan fingerprint density at radius 1 is 1.24 bits per heavy atom. The van der Waals surface area contributed by atoms with E-state index in [1.54, 1.807) is 0 Å². The monoisotopic (exact) mass is 306 g/mol. The Labute approximate surface area is 134 Å². The molecule has 2 N–H and O–H groups in total. The first-order valence-corrected chi connectivity index (χ1v) is 9.07. The van der Waals surface area contributed by atoms with Gasteiger partial charge >= 0.3 is 0 Å². The number of rotatable bonds is 5. The van der Waals surface area contributed by atoms with Crippen molar-refractivity contribution in [3.8, 4) is 0 Å². The minimum atomic E-state index is 0.122. The molecule has 2 nitrogen and oxygen atoms in total. The molecule has 0 bridgehead atoms. The Hall–Kier alpha value is -0.510. The van der Waals surface area contributed by atoms with Gasteiger partial charge in [0.05, 0.1) is 0 Å². The van der Waals surface area contributed by atoms with Gasteiger partial charge in [0.2, 0.25) is 0 Å². The topological polar surface area (TPSA) is 29.3 Å². The van der Waals surface area contributed by atoms with Gasteiger partial charge in [-0.3, -0.25) is 4.90 Å². The molecule has 118 valence electrons. The summed E-state index contributed by atoms with van der Waals surface area (Å²) in [6.45, 7) is 10.2. The summed E-state index contributed by atoms with van der Waals surface area (Å²) in [4.78, 5) is 2.64. The molecule has 0 saturated carbocycles. The van der Waals surface area contributed by atoms with Gasteiger partial charge in [-0.2, -0.15) is 11.8 Å². The predicted molar refractivity (Wildman–Crippen MR) is 94.9 cm³/mol. The lowest BCUT2D eigenvalue weighted by atomic mass is 9.90. The molecule has 0 aliphatic carbocycles. The first kappa shape index (κ1) is 16.9. The quantitative estimate of drug-likeness (QED) is 0.902. The molecule has 1 aromatic rings. The number of nitrogens with zero attached hydrogens (tertiary/aromatic N) is 1. The third-order valence-corrected chi connectivity index (χ3v) is 6.21. The van der Waals surface area contributed by atoms with E-state index >= 15 is 0 Å². The molecule has 1 aliphatic rings. The van der Waals surface area contributed by atoms with Crippen molar-refractivity contribution in [2.75, 3.05) is 25.4 Å². The number of nitrogens with two attached hydrogens (primary N) is 1. The van der Waals surface area contributed by atoms with Crippen molar-refractivity contribution in [2.45, 2.75) is 50.3 Å². The number of hydrogen-bond donors (Lipinski definition) is 1. The zero-order chi connectivity index (χ0) is 15.3. The van der Waals surface area contributed by atoms with Crippen LogP contribution in [-0.4, -0.2) is 40.6 Å². The first-order chi connectivity index (χ1) is 9.95. The molecule has 1 unspecified atom stereocenters. The van der Waals surface area contributed by atoms with Crippen molar-refractivity contribution in [1.82, 2.24) is 4.90 Å². The van der Waals surface area contributed by atoms with Gasteiger partial charge in [-0.25, -0.2) is 0 Å². The highest BCUT2D eigenvalue weighted by atomic mass is 32.2. The molecule has 1 heterocycles. The van der Waals surface area contributed by atoms with Crippen LogP contribution in [-0.2, 0) is 6.42 Å². The Kier molecular flexibility index (Phi) is 5.75. The lowest BCUT2D eigenvalue weighted by molar-refractivity contribution is 0.108. The second-order valence-electron chi connectivity index (χ2n) is 7.03. The zero-order valence-corrected chi connectivity index (χ0v) is 14.6. The standard InChI is InChI=1S/C18H30N2S/c1-17(2)11-12-20(13-14-21-17)18(3,15-19)10-9-16-7-5-4-6-8-16/h4-8H,9-15,19H2,1-3H3. The number of thioether (sulfide) groups is 1. The fraction of sp³-hybridized carbons (Fsp3) is 0.667. The Morgan fingerprint density at radius 2 is 1.95 bits per heavy atom. The third kappa shape index (κ3) is 4.73. The normalized spacial score (nSPS) is 22.5. The van der Waals surface area contributed by atoms with Crippen molar-refractivity contribution in [2.24, 2.45) is 5.73 Å². The second kappa shape index (κ2) is 7.17. The van der Waals surface area contributed by atoms with E-state index in [-0.39, 0.29) is 5.54 Å². The van der Waals surface area contributed by atoms with Gasteiger partial charge < -0.3 is 5.73 Å². The molecule has 1 atom stereocenters. The van der Waals surface area contributed by atoms with E-state index < -0.39 is 0 Å². The van der Waals surface area contributed by atoms with Crippen molar-refractivity contribution < 1.29 is 0 Å². The predicted octanol–water partition coefficient (Wildman–Crippen LogP) is 3.55. The van der Waals surface area contributed by atoms with Crippen LogP contribution in [0, 0.1) is 0 Å². The maximum atomic E-state index is 6.17. The van der Waals surface area contributed by atoms with Crippen molar-refractivity contribution >= 4 is 11.8 Å². The van der Waals surface area contributed by atoms with Crippen molar-refractivity contribution in [1.29, 1.82) is 0 Å². The van der Waals surface area contributed by atoms with Gasteiger partial charge in [-0.1, -0.05) is 44.2 Å². The van der Waals surface area contributed by atoms with E-state index in [0.717, 1.165) is 25.9 Å². The molecule has 1 aromatic carbocycles. The molecule has 1 saturated heterocycles. The molecule has 0 amide bonds. The van der Waals surface area contributed by atoms with Crippen LogP contribution in [0.2, 0.25) is 0 Å². The van der Waals surface area contributed by atoms with E-state index in [1.807, 2.05) is 0 Å². The Morgan fingerprint density at radius 3 is 2.62 bits per heavy atom. The van der Waals surface area contributed by atoms with E-state index in [2.05, 4.69) is 67.8 Å². The molecule has 1 fully saturated rings. The van der Waals surface area contributed by atoms with Crippen LogP contribution in [0.15, 0.2) is 30.3 Å². The Balaban J connectivity index is 1.99. The van der Waals surface area contributed by atoms with Gasteiger partial charge in [-0.05, 0) is 31.7 Å². The summed E-state index contributed by atoms with van der Waals surface area (Å²) >= 11 is 2.10. The van der Waals surface area contributed by atoms with Gasteiger partial charge in [-0.15, -0.1) is 0 Å². The highest BCUT2D eigenvalue weighted by Crippen LogP contribution is 2.33. The molecule has 21 heavy (non-hydrogen) atoms. The maximum absolute atomic E-state index is 6.17. The van der Waals surface area contributed by atoms with E-state index in [4.69, 9.17) is 5.73 Å². The summed E-state index contributed by atoms with van der Waals surface area (Å²) in [6, 6.07) is 10.8. The van der Waals surface area contributed by atoms with E-state index in [9.17, 15) is 0 Å². The molecule has 0 radical (unpaired) electrons. The van der Waals surface area contributed by atoms with Crippen LogP contribution in [0.5, 0.6) is 0 Å². The van der Waals surface area contributed by atoms with Crippen LogP contribution in [0.25, 0.3) is 0 Å². The molecule has 3 heteroatoms. The number of aryl methyl sites for hydroxylation is 1. The molecule has 1 aliphatic heterocycles. The fourth-order valence-corrected chi connectivity index (χ4v) is 4.11. The smallest absolute Gasteiger partial charge is 0.0307 e. The average Bonchev–Trinajstić information content (AvgIpc) is 2.67. The van der Waals surface area contributed by atoms with Gasteiger partial charge in [0, 0.05) is 35.7 Å². The lowest BCUT2D eigenvalue weighted by Crippen LogP contribution is -2.53. The largest absolute Gasteiger partial charge is 0.329 e. The summed E-state index contributed by atoms with van der Waals surface area (Å²) in [5, 5.41) is 0. The first-order valence-electron chi connectivity index (χ1n) is 8.08. The zero-order valence-electron chi connectivity index (χ0n) is 13.8. The van der Waals surface area contributed by atoms with Crippen LogP contribution >= 0.6 is 11.8 Å². The van der Waals surface area contributed by atoms with Crippen LogP contribution in [0.1, 0.15) is 39.2 Å². The number of hydrogen-bond acceptors (Lipinski definition) is 3. The summed E-state index contributed by atoms with van der Waals surface area (Å²) < 4.78 is 0.406. The molecule has 2 rings (SSSR count). The minimum absolute atomic E-state index is 0.122. The summed E-state index contributed by atoms with van der Waals surface area (Å²) in [6.07, 6.45) is 3.50. The summed E-state index contributed by atoms with van der Waals surface area (Å²) in [5.41, 5.74) is 7.71. The SMILES string of the molecule is CC1(C)CCN(C(C)(CN)CCc2ccccc2)CCS1. The highest BCUT2D eigenvalue weighted by molar-refractivity contribution is 8.00. The fourth-order valence-electron chi connectivity index (χ4n) is 3.01. The molecule has 0 aromatic heterocycles. The van der Waals surface area contributed by atoms with Crippen molar-refractivity contribution in [3.05, 3.63) is 35.9 Å². The molecular weight excluding hydrogens is 276 g/mol. The highest BCUT2D eigenvalue weighted by Gasteiger charge is 2.33. The van der Waals surface area contributed by atoms with Gasteiger partial charge in [0.1, 0.15) is 0 Å². The van der Waals surface area contributed by atoms with Crippen LogP contribution < -0.4 is 5.73 Å². The number of benzene rings is 1. The average molecular weight is 307 g/mol. The summed E-state index contributed by atoms with van der Waals surface area (Å²) in [5.74, 6) is 1.22. The summed E-state index contributed by atoms with van der Waals surface area (Å²) in [7, 11) is 0. The van der Waals surface area contributed by atoms with Gasteiger partial charge in [0.15, 0.2) is 0 Å². The van der Waals surface area contributed by atoms with Crippen molar-refractivity contribution in [3.63, 3.8) is 0 Å². The lowest BCUT2D eigenvalue weighted by Gasteiger charge is -2.40. The molecule has 0 spiro atoms. The molecular formula is C18H30N2S. The minimum Gasteiger partial charge on any atom is -0.329 e. The maximum Gasteiger partial charge on any atom is 0.0307 e. The third-order valence-electron chi connectivity index (χ3n) is 4.84. The van der Waals surface area contributed by atoms with E-state index in [1.165, 1.54) is 24.3 Å². The van der Waals surface area contributed by atoms with E-state index in [0.29, 0.717) is 4.75 Å². The van der Waals surface area contributed by atoms with Crippen LogP contribution in [0.3, 0.4) is 0 Å². The Bertz CT molecular complexity index is 432. The van der Waals surface area contributed by atoms with Crippen LogP contribution in [0.4, 0.5) is 0 Å².